The average Bonchev–Trinajstić information content (AvgIpc) is 1.96. The van der Waals surface area contributed by atoms with E-state index in [4.69, 9.17) is 10.8 Å². The van der Waals surface area contributed by atoms with E-state index in [0.717, 1.165) is 0 Å². The lowest BCUT2D eigenvalue weighted by molar-refractivity contribution is 0.416. The molecule has 0 aliphatic carbocycles. The summed E-state index contributed by atoms with van der Waals surface area (Å²) in [7, 11) is 0. The molecule has 1 aromatic carbocycles. The van der Waals surface area contributed by atoms with Gasteiger partial charge in [-0.15, -0.1) is 0 Å². The summed E-state index contributed by atoms with van der Waals surface area (Å²) in [4.78, 5) is 0. The van der Waals surface area contributed by atoms with Gasteiger partial charge in [-0.2, -0.15) is 0 Å². The predicted octanol–water partition coefficient (Wildman–Crippen LogP) is 0.693. The van der Waals surface area contributed by atoms with Crippen molar-refractivity contribution >= 4 is 0 Å². The molecule has 13 heavy (non-hydrogen) atoms. The van der Waals surface area contributed by atoms with Crippen molar-refractivity contribution in [1.82, 2.24) is 0 Å². The average molecular weight is 183 g/mol. The lowest BCUT2D eigenvalue weighted by Crippen LogP contribution is -2.17. The minimum absolute atomic E-state index is 0.130. The molecule has 4 nitrogen and oxygen atoms in total. The molecular formula is C9H13NO3. The summed E-state index contributed by atoms with van der Waals surface area (Å²) < 4.78 is 0. The van der Waals surface area contributed by atoms with Gasteiger partial charge in [-0.1, -0.05) is 0 Å². The van der Waals surface area contributed by atoms with E-state index in [-0.39, 0.29) is 23.3 Å². The zero-order valence-corrected chi connectivity index (χ0v) is 7.36. The van der Waals surface area contributed by atoms with E-state index < -0.39 is 0 Å². The fraction of sp³-hybridized carbons (Fsp3) is 0.333. The molecule has 0 aliphatic rings. The van der Waals surface area contributed by atoms with Gasteiger partial charge < -0.3 is 21.1 Å². The number of hydrogen-bond donors (Lipinski definition) is 4. The second-order valence-electron chi connectivity index (χ2n) is 3.14. The SMILES string of the molecule is CC(N)Cc1c(O)cc(O)cc1O. The van der Waals surface area contributed by atoms with Gasteiger partial charge >= 0.3 is 0 Å². The first-order valence-corrected chi connectivity index (χ1v) is 4.00. The molecular weight excluding hydrogens is 170 g/mol. The smallest absolute Gasteiger partial charge is 0.126 e. The van der Waals surface area contributed by atoms with E-state index in [9.17, 15) is 10.2 Å². The number of nitrogens with two attached hydrogens (primary N) is 1. The summed E-state index contributed by atoms with van der Waals surface area (Å²) in [5.41, 5.74) is 5.88. The first-order chi connectivity index (χ1) is 6.00. The highest BCUT2D eigenvalue weighted by Gasteiger charge is 2.10. The topological polar surface area (TPSA) is 86.7 Å². The predicted molar refractivity (Wildman–Crippen MR) is 48.8 cm³/mol. The van der Waals surface area contributed by atoms with Gasteiger partial charge in [0.2, 0.25) is 0 Å². The Morgan fingerprint density at radius 2 is 1.69 bits per heavy atom. The van der Waals surface area contributed by atoms with Crippen molar-refractivity contribution in [3.8, 4) is 17.2 Å². The third-order valence-electron chi connectivity index (χ3n) is 1.71. The molecule has 1 unspecified atom stereocenters. The van der Waals surface area contributed by atoms with E-state index in [1.165, 1.54) is 12.1 Å². The van der Waals surface area contributed by atoms with Crippen LogP contribution >= 0.6 is 0 Å². The Bertz CT molecular complexity index is 287. The van der Waals surface area contributed by atoms with Crippen LogP contribution in [0.2, 0.25) is 0 Å². The minimum Gasteiger partial charge on any atom is -0.508 e. The van der Waals surface area contributed by atoms with Crippen LogP contribution in [0.4, 0.5) is 0 Å². The van der Waals surface area contributed by atoms with Crippen molar-refractivity contribution in [3.63, 3.8) is 0 Å². The molecule has 0 fully saturated rings. The molecule has 1 rings (SSSR count). The number of aromatic hydroxyl groups is 3. The van der Waals surface area contributed by atoms with Crippen molar-refractivity contribution in [2.75, 3.05) is 0 Å². The molecule has 4 heteroatoms. The highest BCUT2D eigenvalue weighted by atomic mass is 16.3. The maximum atomic E-state index is 9.35. The third kappa shape index (κ3) is 2.26. The maximum Gasteiger partial charge on any atom is 0.126 e. The van der Waals surface area contributed by atoms with Gasteiger partial charge in [-0.25, -0.2) is 0 Å². The molecule has 72 valence electrons. The Kier molecular flexibility index (Phi) is 2.63. The van der Waals surface area contributed by atoms with Gasteiger partial charge in [-0.05, 0) is 13.3 Å². The standard InChI is InChI=1S/C9H13NO3/c1-5(10)2-7-8(12)3-6(11)4-9(7)13/h3-5,11-13H,2,10H2,1H3. The van der Waals surface area contributed by atoms with Gasteiger partial charge in [0.1, 0.15) is 17.2 Å². The summed E-state index contributed by atoms with van der Waals surface area (Å²) in [5.74, 6) is -0.423. The Balaban J connectivity index is 3.06. The van der Waals surface area contributed by atoms with Crippen LogP contribution in [-0.2, 0) is 6.42 Å². The Morgan fingerprint density at radius 1 is 1.23 bits per heavy atom. The van der Waals surface area contributed by atoms with Gasteiger partial charge in [0.15, 0.2) is 0 Å². The van der Waals surface area contributed by atoms with Gasteiger partial charge in [0.05, 0.1) is 0 Å². The molecule has 1 aromatic rings. The van der Waals surface area contributed by atoms with E-state index >= 15 is 0 Å². The third-order valence-corrected chi connectivity index (χ3v) is 1.71. The zero-order chi connectivity index (χ0) is 10.0. The number of phenolic OH excluding ortho intramolecular Hbond substituents is 3. The number of rotatable bonds is 2. The normalized spacial score (nSPS) is 12.8. The number of benzene rings is 1. The molecule has 0 saturated carbocycles. The van der Waals surface area contributed by atoms with Crippen molar-refractivity contribution < 1.29 is 15.3 Å². The van der Waals surface area contributed by atoms with E-state index in [0.29, 0.717) is 12.0 Å². The van der Waals surface area contributed by atoms with Crippen LogP contribution in [0.15, 0.2) is 12.1 Å². The molecule has 0 radical (unpaired) electrons. The molecule has 0 aromatic heterocycles. The lowest BCUT2D eigenvalue weighted by Gasteiger charge is -2.09. The molecule has 0 bridgehead atoms. The Morgan fingerprint density at radius 3 is 2.08 bits per heavy atom. The summed E-state index contributed by atoms with van der Waals surface area (Å²) >= 11 is 0. The second kappa shape index (κ2) is 3.53. The minimum atomic E-state index is -0.163. The molecule has 0 spiro atoms. The summed E-state index contributed by atoms with van der Waals surface area (Å²) in [5, 5.41) is 27.7. The summed E-state index contributed by atoms with van der Waals surface area (Å²) in [6.07, 6.45) is 0.373. The Labute approximate surface area is 76.2 Å². The number of hydrogen-bond acceptors (Lipinski definition) is 4. The van der Waals surface area contributed by atoms with Crippen LogP contribution in [-0.4, -0.2) is 21.4 Å². The van der Waals surface area contributed by atoms with Crippen LogP contribution in [0, 0.1) is 0 Å². The van der Waals surface area contributed by atoms with Crippen LogP contribution in [0.3, 0.4) is 0 Å². The van der Waals surface area contributed by atoms with E-state index in [1.54, 1.807) is 6.92 Å². The van der Waals surface area contributed by atoms with Gasteiger partial charge in [0, 0.05) is 23.7 Å². The van der Waals surface area contributed by atoms with Crippen molar-refractivity contribution in [2.45, 2.75) is 19.4 Å². The van der Waals surface area contributed by atoms with Crippen LogP contribution in [0.25, 0.3) is 0 Å². The first-order valence-electron chi connectivity index (χ1n) is 4.00. The second-order valence-corrected chi connectivity index (χ2v) is 3.14. The summed E-state index contributed by atoms with van der Waals surface area (Å²) in [6, 6.07) is 2.20. The molecule has 0 heterocycles. The zero-order valence-electron chi connectivity index (χ0n) is 7.36. The summed E-state index contributed by atoms with van der Waals surface area (Å²) in [6.45, 7) is 1.77. The van der Waals surface area contributed by atoms with Gasteiger partial charge in [0.25, 0.3) is 0 Å². The first kappa shape index (κ1) is 9.67. The van der Waals surface area contributed by atoms with Crippen LogP contribution in [0.5, 0.6) is 17.2 Å². The van der Waals surface area contributed by atoms with E-state index in [2.05, 4.69) is 0 Å². The number of phenols is 3. The van der Waals surface area contributed by atoms with Crippen molar-refractivity contribution in [3.05, 3.63) is 17.7 Å². The van der Waals surface area contributed by atoms with Crippen molar-refractivity contribution in [1.29, 1.82) is 0 Å². The monoisotopic (exact) mass is 183 g/mol. The van der Waals surface area contributed by atoms with Gasteiger partial charge in [-0.3, -0.25) is 0 Å². The Hall–Kier alpha value is -1.42. The molecule has 0 amide bonds. The maximum absolute atomic E-state index is 9.35. The lowest BCUT2D eigenvalue weighted by atomic mass is 10.1. The molecule has 5 N–H and O–H groups in total. The van der Waals surface area contributed by atoms with Crippen molar-refractivity contribution in [2.24, 2.45) is 5.73 Å². The molecule has 0 saturated heterocycles. The molecule has 1 atom stereocenters. The molecule has 0 aliphatic heterocycles. The largest absolute Gasteiger partial charge is 0.508 e. The highest BCUT2D eigenvalue weighted by molar-refractivity contribution is 5.48. The fourth-order valence-electron chi connectivity index (χ4n) is 1.16. The van der Waals surface area contributed by atoms with E-state index in [1.807, 2.05) is 0 Å². The van der Waals surface area contributed by atoms with Crippen LogP contribution in [0.1, 0.15) is 12.5 Å². The van der Waals surface area contributed by atoms with Crippen LogP contribution < -0.4 is 5.73 Å². The fourth-order valence-corrected chi connectivity index (χ4v) is 1.16. The quantitative estimate of drug-likeness (QED) is 0.543. The highest BCUT2D eigenvalue weighted by Crippen LogP contribution is 2.32.